The van der Waals surface area contributed by atoms with Crippen molar-refractivity contribution in [3.8, 4) is 0 Å². The monoisotopic (exact) mass is 244 g/mol. The number of rotatable bonds is 5. The first-order valence-corrected chi connectivity index (χ1v) is 6.08. The molecule has 0 atom stereocenters. The first kappa shape index (κ1) is 12.3. The average molecular weight is 244 g/mol. The fraction of sp³-hybridized carbons (Fsp3) is 0.667. The molecule has 0 aliphatic carbocycles. The van der Waals surface area contributed by atoms with Crippen molar-refractivity contribution < 1.29 is 0 Å². The van der Waals surface area contributed by atoms with Gasteiger partial charge in [0.2, 0.25) is 5.13 Å². The molecule has 0 aromatic carbocycles. The first-order chi connectivity index (χ1) is 7.00. The Morgan fingerprint density at radius 2 is 2.20 bits per heavy atom. The summed E-state index contributed by atoms with van der Waals surface area (Å²) in [4.78, 5) is 2.71. The molecule has 1 rings (SSSR count). The lowest BCUT2D eigenvalue weighted by molar-refractivity contribution is 0.684. The van der Waals surface area contributed by atoms with Gasteiger partial charge in [-0.2, -0.15) is 0 Å². The Morgan fingerprint density at radius 1 is 1.53 bits per heavy atom. The minimum absolute atomic E-state index is 0.381. The van der Waals surface area contributed by atoms with Crippen molar-refractivity contribution in [2.75, 3.05) is 11.4 Å². The number of hydrogen-bond donors (Lipinski definition) is 1. The van der Waals surface area contributed by atoms with E-state index in [1.807, 2.05) is 6.92 Å². The number of hydrogen-bond acceptors (Lipinski definition) is 5. The number of aryl methyl sites for hydroxylation is 1. The predicted molar refractivity (Wildman–Crippen MR) is 68.5 cm³/mol. The molecule has 0 radical (unpaired) electrons. The zero-order valence-electron chi connectivity index (χ0n) is 9.23. The fourth-order valence-electron chi connectivity index (χ4n) is 1.21. The van der Waals surface area contributed by atoms with E-state index in [0.29, 0.717) is 17.5 Å². The molecule has 1 aromatic rings. The third-order valence-corrected chi connectivity index (χ3v) is 3.06. The Balaban J connectivity index is 2.70. The lowest BCUT2D eigenvalue weighted by Gasteiger charge is -2.25. The van der Waals surface area contributed by atoms with Crippen LogP contribution in [0.15, 0.2) is 0 Å². The quantitative estimate of drug-likeness (QED) is 0.800. The molecule has 0 aliphatic rings. The van der Waals surface area contributed by atoms with Crippen molar-refractivity contribution >= 4 is 33.7 Å². The van der Waals surface area contributed by atoms with E-state index in [4.69, 9.17) is 18.0 Å². The van der Waals surface area contributed by atoms with E-state index in [9.17, 15) is 0 Å². The highest BCUT2D eigenvalue weighted by Crippen LogP contribution is 2.21. The molecule has 0 saturated heterocycles. The summed E-state index contributed by atoms with van der Waals surface area (Å²) in [5, 5.41) is 10.1. The van der Waals surface area contributed by atoms with E-state index >= 15 is 0 Å². The van der Waals surface area contributed by atoms with Crippen LogP contribution in [0.1, 0.15) is 25.3 Å². The Morgan fingerprint density at radius 3 is 2.60 bits per heavy atom. The number of nitrogens with two attached hydrogens (primary N) is 1. The molecule has 2 N–H and O–H groups in total. The Bertz CT molecular complexity index is 335. The summed E-state index contributed by atoms with van der Waals surface area (Å²) >= 11 is 6.47. The van der Waals surface area contributed by atoms with Gasteiger partial charge >= 0.3 is 0 Å². The molecule has 0 spiro atoms. The highest BCUT2D eigenvalue weighted by Gasteiger charge is 2.14. The van der Waals surface area contributed by atoms with Crippen molar-refractivity contribution in [1.29, 1.82) is 0 Å². The Kier molecular flexibility index (Phi) is 4.41. The van der Waals surface area contributed by atoms with Gasteiger partial charge in [0, 0.05) is 19.0 Å². The smallest absolute Gasteiger partial charge is 0.208 e. The molecule has 6 heteroatoms. The minimum Gasteiger partial charge on any atom is -0.393 e. The van der Waals surface area contributed by atoms with Gasteiger partial charge in [0.05, 0.1) is 4.99 Å². The molecule has 84 valence electrons. The Labute approximate surface area is 99.5 Å². The SMILES string of the molecule is Cc1nnc(N(CCC(N)=S)C(C)C)s1. The first-order valence-electron chi connectivity index (χ1n) is 4.85. The lowest BCUT2D eigenvalue weighted by atomic mass is 10.3. The fourth-order valence-corrected chi connectivity index (χ4v) is 2.15. The molecule has 0 fully saturated rings. The second-order valence-corrected chi connectivity index (χ2v) is 5.29. The summed E-state index contributed by atoms with van der Waals surface area (Å²) in [5.41, 5.74) is 5.50. The molecule has 15 heavy (non-hydrogen) atoms. The van der Waals surface area contributed by atoms with E-state index in [1.165, 1.54) is 0 Å². The van der Waals surface area contributed by atoms with Crippen LogP contribution in [-0.4, -0.2) is 27.8 Å². The highest BCUT2D eigenvalue weighted by molar-refractivity contribution is 7.80. The van der Waals surface area contributed by atoms with E-state index in [1.54, 1.807) is 11.3 Å². The van der Waals surface area contributed by atoms with Crippen LogP contribution >= 0.6 is 23.6 Å². The summed E-state index contributed by atoms with van der Waals surface area (Å²) in [6, 6.07) is 0.381. The number of thiocarbonyl (C=S) groups is 1. The van der Waals surface area contributed by atoms with Crippen molar-refractivity contribution in [2.24, 2.45) is 5.73 Å². The molecular weight excluding hydrogens is 228 g/mol. The molecule has 0 saturated carbocycles. The van der Waals surface area contributed by atoms with Gasteiger partial charge in [-0.15, -0.1) is 10.2 Å². The summed E-state index contributed by atoms with van der Waals surface area (Å²) in [5.74, 6) is 0. The maximum Gasteiger partial charge on any atom is 0.208 e. The van der Waals surface area contributed by atoms with E-state index < -0.39 is 0 Å². The zero-order valence-corrected chi connectivity index (χ0v) is 10.9. The molecule has 1 aromatic heterocycles. The maximum absolute atomic E-state index is 5.50. The van der Waals surface area contributed by atoms with Crippen molar-refractivity contribution in [3.05, 3.63) is 5.01 Å². The molecule has 0 unspecified atom stereocenters. The van der Waals surface area contributed by atoms with Crippen molar-refractivity contribution in [2.45, 2.75) is 33.2 Å². The van der Waals surface area contributed by atoms with Gasteiger partial charge < -0.3 is 10.6 Å². The summed E-state index contributed by atoms with van der Waals surface area (Å²) in [6.45, 7) is 7.00. The molecule has 1 heterocycles. The molecule has 0 amide bonds. The number of anilines is 1. The highest BCUT2D eigenvalue weighted by atomic mass is 32.1. The second-order valence-electron chi connectivity index (χ2n) is 3.61. The summed E-state index contributed by atoms with van der Waals surface area (Å²) in [6.07, 6.45) is 0.714. The van der Waals surface area contributed by atoms with Crippen LogP contribution in [0.2, 0.25) is 0 Å². The number of aromatic nitrogens is 2. The van der Waals surface area contributed by atoms with Gasteiger partial charge in [-0.05, 0) is 20.8 Å². The summed E-state index contributed by atoms with van der Waals surface area (Å²) in [7, 11) is 0. The van der Waals surface area contributed by atoms with Crippen molar-refractivity contribution in [1.82, 2.24) is 10.2 Å². The third-order valence-electron chi connectivity index (χ3n) is 1.98. The lowest BCUT2D eigenvalue weighted by Crippen LogP contribution is -2.33. The molecule has 0 bridgehead atoms. The van der Waals surface area contributed by atoms with E-state index in [0.717, 1.165) is 16.7 Å². The number of nitrogens with zero attached hydrogens (tertiary/aromatic N) is 3. The largest absolute Gasteiger partial charge is 0.393 e. The van der Waals surface area contributed by atoms with Gasteiger partial charge in [0.15, 0.2) is 0 Å². The van der Waals surface area contributed by atoms with Crippen LogP contribution in [-0.2, 0) is 0 Å². The maximum atomic E-state index is 5.50. The topological polar surface area (TPSA) is 55.0 Å². The molecular formula is C9H16N4S2. The predicted octanol–water partition coefficient (Wildman–Crippen LogP) is 1.74. The van der Waals surface area contributed by atoms with Gasteiger partial charge in [0.25, 0.3) is 0 Å². The normalized spacial score (nSPS) is 10.7. The van der Waals surface area contributed by atoms with Gasteiger partial charge in [0.1, 0.15) is 5.01 Å². The molecule has 4 nitrogen and oxygen atoms in total. The zero-order chi connectivity index (χ0) is 11.4. The van der Waals surface area contributed by atoms with Crippen LogP contribution in [0, 0.1) is 6.92 Å². The van der Waals surface area contributed by atoms with Crippen LogP contribution in [0.3, 0.4) is 0 Å². The molecule has 0 aliphatic heterocycles. The van der Waals surface area contributed by atoms with Crippen LogP contribution in [0.25, 0.3) is 0 Å². The third kappa shape index (κ3) is 3.71. The minimum atomic E-state index is 0.381. The van der Waals surface area contributed by atoms with E-state index in [2.05, 4.69) is 28.9 Å². The Hall–Kier alpha value is -0.750. The standard InChI is InChI=1S/C9H16N4S2/c1-6(2)13(5-4-8(10)14)9-12-11-7(3)15-9/h6H,4-5H2,1-3H3,(H2,10,14). The van der Waals surface area contributed by atoms with Crippen LogP contribution in [0.5, 0.6) is 0 Å². The van der Waals surface area contributed by atoms with Gasteiger partial charge in [-0.3, -0.25) is 0 Å². The van der Waals surface area contributed by atoms with E-state index in [-0.39, 0.29) is 0 Å². The van der Waals surface area contributed by atoms with Gasteiger partial charge in [-0.1, -0.05) is 23.6 Å². The summed E-state index contributed by atoms with van der Waals surface area (Å²) < 4.78 is 0. The second kappa shape index (κ2) is 5.37. The van der Waals surface area contributed by atoms with Crippen LogP contribution in [0.4, 0.5) is 5.13 Å². The van der Waals surface area contributed by atoms with Crippen molar-refractivity contribution in [3.63, 3.8) is 0 Å². The van der Waals surface area contributed by atoms with Crippen LogP contribution < -0.4 is 10.6 Å². The average Bonchev–Trinajstić information content (AvgIpc) is 2.51. The van der Waals surface area contributed by atoms with Gasteiger partial charge in [-0.25, -0.2) is 0 Å².